The van der Waals surface area contributed by atoms with Crippen molar-refractivity contribution in [2.24, 2.45) is 0 Å². The maximum absolute atomic E-state index is 8.74. The van der Waals surface area contributed by atoms with Crippen LogP contribution in [0.5, 0.6) is 0 Å². The highest BCUT2D eigenvalue weighted by Crippen LogP contribution is 2.08. The Morgan fingerprint density at radius 3 is 1.94 bits per heavy atom. The first-order valence-electron chi connectivity index (χ1n) is 5.55. The van der Waals surface area contributed by atoms with Crippen molar-refractivity contribution >= 4 is 22.9 Å². The second-order valence-corrected chi connectivity index (χ2v) is 5.10. The molecular formula is C9H22NO6S2+. The van der Waals surface area contributed by atoms with Gasteiger partial charge in [-0.3, -0.25) is 9.11 Å². The molecule has 2 N–H and O–H groups in total. The number of ether oxygens (including phenoxy) is 1. The van der Waals surface area contributed by atoms with Gasteiger partial charge in [-0.05, 0) is 6.42 Å². The summed E-state index contributed by atoms with van der Waals surface area (Å²) < 4.78 is 46.0. The Bertz CT molecular complexity index is 281. The molecule has 1 saturated heterocycles. The van der Waals surface area contributed by atoms with Crippen LogP contribution in [0.4, 0.5) is 0 Å². The zero-order valence-corrected chi connectivity index (χ0v) is 12.4. The fourth-order valence-corrected chi connectivity index (χ4v) is 1.55. The third-order valence-corrected chi connectivity index (χ3v) is 2.60. The Kier molecular flexibility index (Phi) is 12.0. The van der Waals surface area contributed by atoms with Crippen LogP contribution < -0.4 is 0 Å². The summed E-state index contributed by atoms with van der Waals surface area (Å²) in [6, 6.07) is 0. The number of unbranched alkanes of at least 4 members (excludes halogenated alkanes) is 1. The lowest BCUT2D eigenvalue weighted by Crippen LogP contribution is -2.52. The van der Waals surface area contributed by atoms with Crippen molar-refractivity contribution < 1.29 is 31.0 Å². The molecule has 0 aromatic carbocycles. The molecule has 0 aromatic rings. The summed E-state index contributed by atoms with van der Waals surface area (Å²) in [6.07, 6.45) is 2.67. The van der Waals surface area contributed by atoms with Gasteiger partial charge in [-0.15, -0.1) is 0 Å². The minimum absolute atomic E-state index is 0.959. The first-order chi connectivity index (χ1) is 8.27. The van der Waals surface area contributed by atoms with Gasteiger partial charge in [-0.1, -0.05) is 13.3 Å². The first-order valence-corrected chi connectivity index (χ1v) is 7.28. The molecule has 0 saturated carbocycles. The number of nitrogens with zero attached hydrogens (tertiary/aromatic N) is 1. The highest BCUT2D eigenvalue weighted by atomic mass is 32.3. The molecule has 18 heavy (non-hydrogen) atoms. The molecule has 0 bridgehead atoms. The molecule has 0 amide bonds. The predicted octanol–water partition coefficient (Wildman–Crippen LogP) is 0.274. The van der Waals surface area contributed by atoms with E-state index in [1.807, 2.05) is 0 Å². The van der Waals surface area contributed by atoms with Crippen molar-refractivity contribution in [3.63, 3.8) is 0 Å². The fourth-order valence-electron chi connectivity index (χ4n) is 1.55. The van der Waals surface area contributed by atoms with Crippen molar-refractivity contribution in [1.82, 2.24) is 0 Å². The smallest absolute Gasteiger partial charge is 0.370 e. The Morgan fingerprint density at radius 2 is 1.61 bits per heavy atom. The minimum Gasteiger partial charge on any atom is -0.370 e. The van der Waals surface area contributed by atoms with Gasteiger partial charge >= 0.3 is 10.4 Å². The third kappa shape index (κ3) is 15.8. The summed E-state index contributed by atoms with van der Waals surface area (Å²) in [5.41, 5.74) is 0. The van der Waals surface area contributed by atoms with Crippen LogP contribution in [-0.4, -0.2) is 66.1 Å². The Hall–Kier alpha value is -0.190. The minimum atomic E-state index is -4.67. The van der Waals surface area contributed by atoms with Crippen molar-refractivity contribution in [2.75, 3.05) is 39.9 Å². The fraction of sp³-hybridized carbons (Fsp3) is 1.00. The van der Waals surface area contributed by atoms with E-state index >= 15 is 0 Å². The summed E-state index contributed by atoms with van der Waals surface area (Å²) in [5, 5.41) is 0. The van der Waals surface area contributed by atoms with E-state index in [0.29, 0.717) is 0 Å². The van der Waals surface area contributed by atoms with E-state index in [4.69, 9.17) is 26.5 Å². The molecule has 110 valence electrons. The zero-order valence-electron chi connectivity index (χ0n) is 10.7. The number of quaternary nitrogens is 1. The molecule has 0 aliphatic carbocycles. The van der Waals surface area contributed by atoms with Crippen LogP contribution >= 0.6 is 0 Å². The normalized spacial score (nSPS) is 17.8. The van der Waals surface area contributed by atoms with Gasteiger partial charge < -0.3 is 9.22 Å². The molecular weight excluding hydrogens is 282 g/mol. The van der Waals surface area contributed by atoms with Crippen LogP contribution in [0.2, 0.25) is 0 Å². The monoisotopic (exact) mass is 304 g/mol. The van der Waals surface area contributed by atoms with Crippen molar-refractivity contribution in [3.8, 4) is 0 Å². The summed E-state index contributed by atoms with van der Waals surface area (Å²) >= 11 is 2.83. The van der Waals surface area contributed by atoms with Crippen molar-refractivity contribution in [3.05, 3.63) is 0 Å². The van der Waals surface area contributed by atoms with Crippen molar-refractivity contribution in [1.29, 1.82) is 0 Å². The van der Waals surface area contributed by atoms with E-state index in [9.17, 15) is 0 Å². The molecule has 7 nitrogen and oxygen atoms in total. The predicted molar refractivity (Wildman–Crippen MR) is 68.8 cm³/mol. The summed E-state index contributed by atoms with van der Waals surface area (Å²) in [5.74, 6) is 0. The summed E-state index contributed by atoms with van der Waals surface area (Å²) in [6.45, 7) is 7.92. The molecule has 0 radical (unpaired) electrons. The summed E-state index contributed by atoms with van der Waals surface area (Å²) in [7, 11) is -2.32. The third-order valence-electron chi connectivity index (χ3n) is 2.60. The van der Waals surface area contributed by atoms with Crippen LogP contribution in [0.15, 0.2) is 0 Å². The largest absolute Gasteiger partial charge is 0.394 e. The van der Waals surface area contributed by atoms with Crippen molar-refractivity contribution in [2.45, 2.75) is 19.8 Å². The number of hydrogen-bond donors (Lipinski definition) is 2. The van der Waals surface area contributed by atoms with Crippen LogP contribution in [0.25, 0.3) is 0 Å². The highest BCUT2D eigenvalue weighted by Gasteiger charge is 2.23. The highest BCUT2D eigenvalue weighted by molar-refractivity contribution is 7.79. The van der Waals surface area contributed by atoms with Gasteiger partial charge in [0.25, 0.3) is 0 Å². The van der Waals surface area contributed by atoms with E-state index in [0.717, 1.165) is 13.2 Å². The molecule has 1 rings (SSSR count). The van der Waals surface area contributed by atoms with Crippen LogP contribution in [-0.2, 0) is 27.7 Å². The molecule has 9 heteroatoms. The SMILES string of the molecule is CCCC[N+]1(C)CCOCC1.O=S.O=S(=O)(O)O. The van der Waals surface area contributed by atoms with Gasteiger partial charge in [0.2, 0.25) is 0 Å². The second kappa shape index (κ2) is 10.7. The van der Waals surface area contributed by atoms with Gasteiger partial charge in [0, 0.05) is 0 Å². The molecule has 1 aliphatic heterocycles. The zero-order chi connectivity index (χ0) is 14.7. The Balaban J connectivity index is 0. The Morgan fingerprint density at radius 1 is 1.22 bits per heavy atom. The van der Waals surface area contributed by atoms with E-state index < -0.39 is 10.4 Å². The molecule has 1 heterocycles. The maximum atomic E-state index is 8.74. The lowest BCUT2D eigenvalue weighted by Gasteiger charge is -2.37. The van der Waals surface area contributed by atoms with Crippen LogP contribution in [0.1, 0.15) is 19.8 Å². The molecule has 0 spiro atoms. The lowest BCUT2D eigenvalue weighted by molar-refractivity contribution is -0.917. The number of likely N-dealkylation sites (N-methyl/N-ethyl adjacent to an activating group) is 1. The van der Waals surface area contributed by atoms with E-state index in [-0.39, 0.29) is 0 Å². The van der Waals surface area contributed by atoms with Gasteiger partial charge in [-0.2, -0.15) is 12.6 Å². The quantitative estimate of drug-likeness (QED) is 0.570. The van der Waals surface area contributed by atoms with Crippen LogP contribution in [0, 0.1) is 0 Å². The average molecular weight is 304 g/mol. The standard InChI is InChI=1S/C9H20NO.H2O4S.OS/c1-3-4-5-10(2)6-8-11-9-7-10;1-5(2,3)4;1-2/h3-9H2,1-2H3;(H2,1,2,3,4);/q+1;;. The van der Waals surface area contributed by atoms with E-state index in [1.165, 1.54) is 37.0 Å². The van der Waals surface area contributed by atoms with Gasteiger partial charge in [0.15, 0.2) is 12.5 Å². The summed E-state index contributed by atoms with van der Waals surface area (Å²) in [4.78, 5) is 0. The van der Waals surface area contributed by atoms with E-state index in [1.54, 1.807) is 0 Å². The van der Waals surface area contributed by atoms with Gasteiger partial charge in [-0.25, -0.2) is 0 Å². The second-order valence-electron chi connectivity index (χ2n) is 4.20. The van der Waals surface area contributed by atoms with Gasteiger partial charge in [0.1, 0.15) is 13.1 Å². The molecule has 0 atom stereocenters. The average Bonchev–Trinajstić information content (AvgIpc) is 2.28. The number of rotatable bonds is 3. The first kappa shape index (κ1) is 20.1. The molecule has 1 aliphatic rings. The molecule has 1 fully saturated rings. The Labute approximate surface area is 114 Å². The number of morpholine rings is 1. The maximum Gasteiger partial charge on any atom is 0.394 e. The number of hydrogen-bond acceptors (Lipinski definition) is 5. The molecule has 0 aromatic heterocycles. The lowest BCUT2D eigenvalue weighted by atomic mass is 10.2. The van der Waals surface area contributed by atoms with Crippen LogP contribution in [0.3, 0.4) is 0 Å². The molecule has 0 unspecified atom stereocenters. The van der Waals surface area contributed by atoms with E-state index in [2.05, 4.69) is 26.5 Å². The van der Waals surface area contributed by atoms with Gasteiger partial charge in [0.05, 0.1) is 26.8 Å². The topological polar surface area (TPSA) is 101 Å².